The van der Waals surface area contributed by atoms with Crippen LogP contribution in [0.4, 0.5) is 9.18 Å². The van der Waals surface area contributed by atoms with Crippen LogP contribution in [0.5, 0.6) is 0 Å². The number of rotatable bonds is 20. The fourth-order valence-corrected chi connectivity index (χ4v) is 4.73. The van der Waals surface area contributed by atoms with Crippen LogP contribution in [0.2, 0.25) is 0 Å². The van der Waals surface area contributed by atoms with Crippen LogP contribution in [0, 0.1) is 0 Å². The van der Waals surface area contributed by atoms with Crippen LogP contribution in [-0.4, -0.2) is 74.2 Å². The minimum Gasteiger partial charge on any atom is -0.465 e. The summed E-state index contributed by atoms with van der Waals surface area (Å²) in [5.41, 5.74) is -4.06. The molecule has 0 saturated carbocycles. The molecule has 11 nitrogen and oxygen atoms in total. The van der Waals surface area contributed by atoms with Crippen LogP contribution in [0.15, 0.2) is 94.8 Å². The lowest BCUT2D eigenvalue weighted by atomic mass is 9.98. The zero-order valence-electron chi connectivity index (χ0n) is 27.3. The summed E-state index contributed by atoms with van der Waals surface area (Å²) in [5.74, 6) is -0.249. The monoisotopic (exact) mass is 656 g/mol. The Kier molecular flexibility index (Phi) is 17.8. The molecule has 4 N–H and O–H groups in total. The van der Waals surface area contributed by atoms with Gasteiger partial charge in [-0.1, -0.05) is 79.8 Å². The Morgan fingerprint density at radius 2 is 1.51 bits per heavy atom. The fraction of sp³-hybridized carbons (Fsp3) is 0.486. The van der Waals surface area contributed by atoms with Crippen molar-refractivity contribution in [1.29, 1.82) is 0 Å². The molecule has 0 bridgehead atoms. The molecule has 12 heteroatoms. The van der Waals surface area contributed by atoms with E-state index in [0.29, 0.717) is 6.42 Å². The second kappa shape index (κ2) is 21.5. The number of amides is 2. The Morgan fingerprint density at radius 3 is 2.02 bits per heavy atom. The van der Waals surface area contributed by atoms with E-state index in [2.05, 4.69) is 73.0 Å². The minimum atomic E-state index is -2.45. The lowest BCUT2D eigenvalue weighted by Gasteiger charge is -2.25. The second-order valence-electron chi connectivity index (χ2n) is 11.2. The van der Waals surface area contributed by atoms with Gasteiger partial charge in [0.1, 0.15) is 12.2 Å². The van der Waals surface area contributed by atoms with Gasteiger partial charge in [0.2, 0.25) is 5.91 Å². The number of H-pyrrole nitrogens is 1. The molecule has 1 aliphatic heterocycles. The first-order valence-electron chi connectivity index (χ1n) is 16.1. The van der Waals surface area contributed by atoms with Gasteiger partial charge in [-0.05, 0) is 51.9 Å². The van der Waals surface area contributed by atoms with Gasteiger partial charge in [-0.2, -0.15) is 0 Å². The van der Waals surface area contributed by atoms with Crippen molar-refractivity contribution in [1.82, 2.24) is 19.8 Å². The summed E-state index contributed by atoms with van der Waals surface area (Å²) in [6.45, 7) is 2.64. The molecule has 0 unspecified atom stereocenters. The van der Waals surface area contributed by atoms with E-state index in [1.54, 1.807) is 0 Å². The molecule has 258 valence electrons. The van der Waals surface area contributed by atoms with Gasteiger partial charge >= 0.3 is 11.8 Å². The molecular weight excluding hydrogens is 607 g/mol. The van der Waals surface area contributed by atoms with Gasteiger partial charge in [0.05, 0.1) is 6.54 Å². The number of allylic oxidation sites excluding steroid dienone is 12. The predicted molar refractivity (Wildman–Crippen MR) is 181 cm³/mol. The highest BCUT2D eigenvalue weighted by atomic mass is 19.1. The molecule has 4 atom stereocenters. The smallest absolute Gasteiger partial charge is 0.407 e. The van der Waals surface area contributed by atoms with Gasteiger partial charge in [0.25, 0.3) is 5.56 Å². The van der Waals surface area contributed by atoms with Gasteiger partial charge in [0, 0.05) is 31.8 Å². The van der Waals surface area contributed by atoms with Crippen LogP contribution in [0.1, 0.15) is 71.4 Å². The van der Waals surface area contributed by atoms with Crippen LogP contribution < -0.4 is 16.6 Å². The summed E-state index contributed by atoms with van der Waals surface area (Å²) < 4.78 is 21.7. The average Bonchev–Trinajstić information content (AvgIpc) is 3.24. The number of ether oxygens (including phenoxy) is 1. The maximum atomic E-state index is 15.4. The van der Waals surface area contributed by atoms with Gasteiger partial charge in [0.15, 0.2) is 11.9 Å². The van der Waals surface area contributed by atoms with Crippen molar-refractivity contribution >= 4 is 12.0 Å². The SMILES string of the molecule is CC/C=C\C/C=C\C/C=C\C/C=C\C/C=C\C/C=C\CCC(=O)NCCN(C[C@H]1O[C@@H](n2ccc(=O)[nH]c2=O)[C@](C)(F)[C@@H]1O)C(=O)O. The van der Waals surface area contributed by atoms with Crippen LogP contribution in [0.3, 0.4) is 0 Å². The molecule has 0 radical (unpaired) electrons. The third kappa shape index (κ3) is 14.3. The van der Waals surface area contributed by atoms with Crippen molar-refractivity contribution in [3.05, 3.63) is 106 Å². The van der Waals surface area contributed by atoms with Gasteiger partial charge in [-0.3, -0.25) is 19.1 Å². The summed E-state index contributed by atoms with van der Waals surface area (Å²) >= 11 is 0. The van der Waals surface area contributed by atoms with Gasteiger partial charge in [-0.15, -0.1) is 0 Å². The number of carbonyl (C=O) groups excluding carboxylic acids is 1. The molecule has 1 aliphatic rings. The first kappa shape index (κ1) is 38.9. The molecule has 0 aromatic carbocycles. The van der Waals surface area contributed by atoms with Crippen LogP contribution in [-0.2, 0) is 9.53 Å². The number of aliphatic hydroxyl groups is 1. The van der Waals surface area contributed by atoms with E-state index in [1.807, 2.05) is 17.1 Å². The molecule has 47 heavy (non-hydrogen) atoms. The standard InChI is InChI=1S/C35H49FN4O7/c1-3-4-5-6-7-8-9-10-11-12-13-14-15-16-17-18-19-20-21-22-29(41)37-24-26-39(34(45)46)27-28-31(43)35(2,36)32(47-28)40-25-23-30(42)38-33(40)44/h4-5,7-8,10-11,13-14,16-17,19-20,23,25,28,31-32,43H,3,6,9,12,15,18,21-22,24,26-27H2,1-2H3,(H,37,41)(H,45,46)(H,38,42,44)/b5-4-,8-7-,11-10-,14-13-,17-16-,20-19-/t28-,31-,32-,35-/m1/s1. The Labute approximate surface area is 275 Å². The number of nitrogens with zero attached hydrogens (tertiary/aromatic N) is 2. The maximum absolute atomic E-state index is 15.4. The summed E-state index contributed by atoms with van der Waals surface area (Å²) in [4.78, 5) is 50.4. The van der Waals surface area contributed by atoms with Crippen LogP contribution in [0.25, 0.3) is 0 Å². The highest BCUT2D eigenvalue weighted by Gasteiger charge is 2.55. The highest BCUT2D eigenvalue weighted by Crippen LogP contribution is 2.40. The van der Waals surface area contributed by atoms with Gasteiger partial charge in [-0.25, -0.2) is 14.0 Å². The Balaban J connectivity index is 1.63. The number of alkyl halides is 1. The lowest BCUT2D eigenvalue weighted by Crippen LogP contribution is -2.47. The first-order valence-corrected chi connectivity index (χ1v) is 16.1. The van der Waals surface area contributed by atoms with E-state index in [9.17, 15) is 29.4 Å². The topological polar surface area (TPSA) is 154 Å². The number of carboxylic acid groups (broad SMARTS) is 1. The van der Waals surface area contributed by atoms with E-state index in [-0.39, 0.29) is 25.4 Å². The van der Waals surface area contributed by atoms with Gasteiger partial charge < -0.3 is 25.2 Å². The molecule has 1 fully saturated rings. The minimum absolute atomic E-state index is 0.00734. The number of aromatic amines is 1. The van der Waals surface area contributed by atoms with Crippen molar-refractivity contribution in [3.8, 4) is 0 Å². The van der Waals surface area contributed by atoms with E-state index in [4.69, 9.17) is 4.74 Å². The second-order valence-corrected chi connectivity index (χ2v) is 11.2. The highest BCUT2D eigenvalue weighted by molar-refractivity contribution is 5.76. The van der Waals surface area contributed by atoms with Crippen molar-refractivity contribution in [2.24, 2.45) is 0 Å². The normalized spacial score (nSPS) is 21.8. The molecule has 2 heterocycles. The van der Waals surface area contributed by atoms with Crippen molar-refractivity contribution in [2.75, 3.05) is 19.6 Å². The number of aliphatic hydroxyl groups excluding tert-OH is 1. The summed E-state index contributed by atoms with van der Waals surface area (Å²) in [6.07, 6.45) is 26.7. The number of hydrogen-bond donors (Lipinski definition) is 4. The Morgan fingerprint density at radius 1 is 0.979 bits per heavy atom. The number of aromatic nitrogens is 2. The molecule has 2 amide bonds. The van der Waals surface area contributed by atoms with E-state index in [0.717, 1.165) is 67.2 Å². The third-order valence-corrected chi connectivity index (χ3v) is 7.33. The molecule has 1 saturated heterocycles. The first-order chi connectivity index (χ1) is 22.6. The maximum Gasteiger partial charge on any atom is 0.407 e. The molecule has 1 aromatic heterocycles. The number of carbonyl (C=O) groups is 2. The number of halogens is 1. The lowest BCUT2D eigenvalue weighted by molar-refractivity contribution is -0.121. The molecule has 0 aliphatic carbocycles. The number of hydrogen-bond acceptors (Lipinski definition) is 6. The van der Waals surface area contributed by atoms with E-state index >= 15 is 4.39 Å². The largest absolute Gasteiger partial charge is 0.465 e. The zero-order valence-corrected chi connectivity index (χ0v) is 27.3. The van der Waals surface area contributed by atoms with Crippen molar-refractivity contribution in [2.45, 2.75) is 89.3 Å². The summed E-state index contributed by atoms with van der Waals surface area (Å²) in [5, 5.41) is 22.8. The molecule has 1 aromatic rings. The van der Waals surface area contributed by atoms with Crippen molar-refractivity contribution < 1.29 is 28.9 Å². The molecule has 0 spiro atoms. The molecule has 2 rings (SSSR count). The number of nitrogens with one attached hydrogen (secondary N) is 2. The third-order valence-electron chi connectivity index (χ3n) is 7.33. The molecular formula is C35H49FN4O7. The predicted octanol–water partition coefficient (Wildman–Crippen LogP) is 5.10. The summed E-state index contributed by atoms with van der Waals surface area (Å²) in [7, 11) is 0. The summed E-state index contributed by atoms with van der Waals surface area (Å²) in [6, 6.07) is 1.01. The zero-order chi connectivity index (χ0) is 34.5. The van der Waals surface area contributed by atoms with E-state index < -0.39 is 48.0 Å². The Bertz CT molecular complexity index is 1410. The van der Waals surface area contributed by atoms with Crippen LogP contribution >= 0.6 is 0 Å². The van der Waals surface area contributed by atoms with Crippen molar-refractivity contribution in [3.63, 3.8) is 0 Å². The average molecular weight is 657 g/mol. The van der Waals surface area contributed by atoms with E-state index in [1.165, 1.54) is 0 Å². The quantitative estimate of drug-likeness (QED) is 0.143. The fourth-order valence-electron chi connectivity index (χ4n) is 4.73. The Hall–Kier alpha value is -4.29.